The molecule has 0 aliphatic rings. The van der Waals surface area contributed by atoms with E-state index in [0.717, 1.165) is 23.2 Å². The molecule has 84 valence electrons. The third kappa shape index (κ3) is 3.09. The van der Waals surface area contributed by atoms with Gasteiger partial charge < -0.3 is 9.53 Å². The van der Waals surface area contributed by atoms with Gasteiger partial charge in [0.1, 0.15) is 12.0 Å². The monoisotopic (exact) mass is 217 g/mol. The van der Waals surface area contributed by atoms with Crippen molar-refractivity contribution in [2.75, 3.05) is 6.61 Å². The van der Waals surface area contributed by atoms with E-state index in [-0.39, 0.29) is 0 Å². The van der Waals surface area contributed by atoms with Gasteiger partial charge in [-0.1, -0.05) is 12.1 Å². The summed E-state index contributed by atoms with van der Waals surface area (Å²) in [5.74, 6) is 0.755. The highest BCUT2D eigenvalue weighted by atomic mass is 16.5. The topological polar surface area (TPSA) is 50.1 Å². The Morgan fingerprint density at radius 1 is 1.50 bits per heavy atom. The van der Waals surface area contributed by atoms with E-state index in [9.17, 15) is 4.79 Å². The van der Waals surface area contributed by atoms with Crippen LogP contribution in [0.4, 0.5) is 0 Å². The number of ether oxygens (including phenoxy) is 1. The number of nitrogens with zero attached hydrogens (tertiary/aromatic N) is 1. The summed E-state index contributed by atoms with van der Waals surface area (Å²) < 4.78 is 5.47. The van der Waals surface area contributed by atoms with Crippen LogP contribution in [-0.4, -0.2) is 12.9 Å². The number of carbonyl (C=O) groups excluding carboxylic acids is 1. The summed E-state index contributed by atoms with van der Waals surface area (Å²) in [6, 6.07) is 7.81. The first-order chi connectivity index (χ1) is 7.83. The predicted molar refractivity (Wildman–Crippen MR) is 61.3 cm³/mol. The fourth-order valence-electron chi connectivity index (χ4n) is 1.64. The van der Waals surface area contributed by atoms with Crippen LogP contribution >= 0.6 is 0 Å². The smallest absolute Gasteiger partial charge is 0.124 e. The Morgan fingerprint density at radius 2 is 2.31 bits per heavy atom. The Morgan fingerprint density at radius 3 is 2.94 bits per heavy atom. The molecule has 0 aliphatic heterocycles. The zero-order chi connectivity index (χ0) is 11.8. The molecule has 0 radical (unpaired) electrons. The number of rotatable bonds is 6. The van der Waals surface area contributed by atoms with Crippen molar-refractivity contribution >= 4 is 6.29 Å². The van der Waals surface area contributed by atoms with Crippen LogP contribution in [0.3, 0.4) is 0 Å². The average molecular weight is 217 g/mol. The van der Waals surface area contributed by atoms with Gasteiger partial charge in [0.25, 0.3) is 0 Å². The van der Waals surface area contributed by atoms with Crippen molar-refractivity contribution in [1.82, 2.24) is 0 Å². The minimum absolute atomic E-state index is 0.344. The minimum Gasteiger partial charge on any atom is -0.494 e. The number of carbonyl (C=O) groups is 1. The highest BCUT2D eigenvalue weighted by Crippen LogP contribution is 2.23. The molecule has 0 saturated heterocycles. The Bertz CT molecular complexity index is 393. The van der Waals surface area contributed by atoms with Crippen molar-refractivity contribution in [3.8, 4) is 11.8 Å². The summed E-state index contributed by atoms with van der Waals surface area (Å²) in [5, 5.41) is 8.57. The number of aldehydes is 1. The van der Waals surface area contributed by atoms with E-state index < -0.39 is 0 Å². The van der Waals surface area contributed by atoms with E-state index in [4.69, 9.17) is 10.00 Å². The summed E-state index contributed by atoms with van der Waals surface area (Å²) in [6.07, 6.45) is 2.34. The second-order valence-electron chi connectivity index (χ2n) is 3.36. The fourth-order valence-corrected chi connectivity index (χ4v) is 1.64. The van der Waals surface area contributed by atoms with Crippen molar-refractivity contribution in [1.29, 1.82) is 5.26 Å². The zero-order valence-corrected chi connectivity index (χ0v) is 9.40. The lowest BCUT2D eigenvalue weighted by Crippen LogP contribution is -2.01. The molecule has 16 heavy (non-hydrogen) atoms. The minimum atomic E-state index is 0.344. The van der Waals surface area contributed by atoms with Crippen LogP contribution < -0.4 is 4.74 Å². The summed E-state index contributed by atoms with van der Waals surface area (Å²) in [7, 11) is 0. The predicted octanol–water partition coefficient (Wildman–Crippen LogP) is 2.28. The molecule has 1 rings (SSSR count). The first-order valence-corrected chi connectivity index (χ1v) is 5.37. The van der Waals surface area contributed by atoms with Crippen LogP contribution in [0.25, 0.3) is 0 Å². The Hall–Kier alpha value is -1.82. The molecule has 0 aliphatic carbocycles. The molecule has 3 heteroatoms. The summed E-state index contributed by atoms with van der Waals surface area (Å²) in [6.45, 7) is 2.49. The SMILES string of the molecule is CCOc1cccc(CCC#N)c1CC=O. The first-order valence-electron chi connectivity index (χ1n) is 5.37. The van der Waals surface area contributed by atoms with Crippen LogP contribution in [0.2, 0.25) is 0 Å². The van der Waals surface area contributed by atoms with Crippen LogP contribution in [-0.2, 0) is 17.6 Å². The maximum absolute atomic E-state index is 10.6. The number of nitriles is 1. The lowest BCUT2D eigenvalue weighted by atomic mass is 10.00. The molecular weight excluding hydrogens is 202 g/mol. The molecule has 0 saturated carbocycles. The number of benzene rings is 1. The molecule has 0 unspecified atom stereocenters. The van der Waals surface area contributed by atoms with Crippen LogP contribution in [0.1, 0.15) is 24.5 Å². The third-order valence-corrected chi connectivity index (χ3v) is 2.32. The van der Waals surface area contributed by atoms with Gasteiger partial charge in [0.15, 0.2) is 0 Å². The van der Waals surface area contributed by atoms with Crippen LogP contribution in [0.15, 0.2) is 18.2 Å². The maximum Gasteiger partial charge on any atom is 0.124 e. The molecule has 0 spiro atoms. The lowest BCUT2D eigenvalue weighted by Gasteiger charge is -2.12. The summed E-state index contributed by atoms with van der Waals surface area (Å²) in [5.41, 5.74) is 1.94. The van der Waals surface area contributed by atoms with E-state index in [0.29, 0.717) is 25.9 Å². The summed E-state index contributed by atoms with van der Waals surface area (Å²) >= 11 is 0. The number of hydrogen-bond acceptors (Lipinski definition) is 3. The van der Waals surface area contributed by atoms with Gasteiger partial charge in [0.2, 0.25) is 0 Å². The van der Waals surface area contributed by atoms with E-state index in [1.807, 2.05) is 25.1 Å². The van der Waals surface area contributed by atoms with Gasteiger partial charge in [0, 0.05) is 18.4 Å². The van der Waals surface area contributed by atoms with E-state index in [2.05, 4.69) is 6.07 Å². The third-order valence-electron chi connectivity index (χ3n) is 2.32. The quantitative estimate of drug-likeness (QED) is 0.687. The highest BCUT2D eigenvalue weighted by molar-refractivity contribution is 5.59. The Labute approximate surface area is 95.7 Å². The molecule has 0 fully saturated rings. The normalized spacial score (nSPS) is 9.50. The van der Waals surface area contributed by atoms with E-state index in [1.54, 1.807) is 0 Å². The standard InChI is InChI=1S/C13H15NO2/c1-2-16-13-7-3-5-11(6-4-9-14)12(13)8-10-15/h3,5,7,10H,2,4,6,8H2,1H3. The Kier molecular flexibility index (Phi) is 5.07. The molecule has 3 nitrogen and oxygen atoms in total. The first kappa shape index (κ1) is 12.3. The van der Waals surface area contributed by atoms with Gasteiger partial charge in [-0.25, -0.2) is 0 Å². The average Bonchev–Trinajstić information content (AvgIpc) is 2.30. The molecule has 0 atom stereocenters. The van der Waals surface area contributed by atoms with Crippen LogP contribution in [0.5, 0.6) is 5.75 Å². The molecule has 0 heterocycles. The summed E-state index contributed by atoms with van der Waals surface area (Å²) in [4.78, 5) is 10.6. The zero-order valence-electron chi connectivity index (χ0n) is 9.40. The second-order valence-corrected chi connectivity index (χ2v) is 3.36. The molecule has 0 N–H and O–H groups in total. The fraction of sp³-hybridized carbons (Fsp3) is 0.385. The maximum atomic E-state index is 10.6. The number of hydrogen-bond donors (Lipinski definition) is 0. The molecule has 0 bridgehead atoms. The van der Waals surface area contributed by atoms with Crippen molar-refractivity contribution < 1.29 is 9.53 Å². The van der Waals surface area contributed by atoms with E-state index >= 15 is 0 Å². The molecule has 1 aromatic carbocycles. The van der Waals surface area contributed by atoms with Gasteiger partial charge in [-0.15, -0.1) is 0 Å². The van der Waals surface area contributed by atoms with Gasteiger partial charge >= 0.3 is 0 Å². The molecule has 1 aromatic rings. The van der Waals surface area contributed by atoms with Gasteiger partial charge in [0.05, 0.1) is 12.7 Å². The van der Waals surface area contributed by atoms with Crippen molar-refractivity contribution in [2.45, 2.75) is 26.2 Å². The largest absolute Gasteiger partial charge is 0.494 e. The van der Waals surface area contributed by atoms with Gasteiger partial charge in [-0.3, -0.25) is 0 Å². The second kappa shape index (κ2) is 6.62. The van der Waals surface area contributed by atoms with Crippen molar-refractivity contribution in [3.63, 3.8) is 0 Å². The van der Waals surface area contributed by atoms with Gasteiger partial charge in [-0.05, 0) is 25.0 Å². The molecule has 0 aromatic heterocycles. The van der Waals surface area contributed by atoms with Crippen LogP contribution in [0, 0.1) is 11.3 Å². The molecular formula is C13H15NO2. The van der Waals surface area contributed by atoms with Crippen molar-refractivity contribution in [2.24, 2.45) is 0 Å². The molecule has 0 amide bonds. The van der Waals surface area contributed by atoms with Crippen molar-refractivity contribution in [3.05, 3.63) is 29.3 Å². The van der Waals surface area contributed by atoms with Gasteiger partial charge in [-0.2, -0.15) is 5.26 Å². The number of aryl methyl sites for hydroxylation is 1. The lowest BCUT2D eigenvalue weighted by molar-refractivity contribution is -0.107. The highest BCUT2D eigenvalue weighted by Gasteiger charge is 2.08. The van der Waals surface area contributed by atoms with E-state index in [1.165, 1.54) is 0 Å². The Balaban J connectivity index is 3.00.